The maximum absolute atomic E-state index is 13.3. The van der Waals surface area contributed by atoms with Crippen LogP contribution in [0.4, 0.5) is 24.5 Å². The van der Waals surface area contributed by atoms with Crippen molar-refractivity contribution in [2.75, 3.05) is 5.73 Å². The van der Waals surface area contributed by atoms with Gasteiger partial charge in [-0.3, -0.25) is 4.99 Å². The van der Waals surface area contributed by atoms with Crippen molar-refractivity contribution in [2.24, 2.45) is 4.99 Å². The van der Waals surface area contributed by atoms with Crippen molar-refractivity contribution in [3.8, 4) is 0 Å². The summed E-state index contributed by atoms with van der Waals surface area (Å²) in [7, 11) is 0. The molecule has 0 amide bonds. The number of aliphatic imine (C=N–C) groups is 1. The molecule has 7 heteroatoms. The number of rotatable bonds is 2. The summed E-state index contributed by atoms with van der Waals surface area (Å²) in [5.74, 6) is -2.95. The van der Waals surface area contributed by atoms with Crippen molar-refractivity contribution in [3.63, 3.8) is 0 Å². The fraction of sp³-hybridized carbons (Fsp3) is 0. The van der Waals surface area contributed by atoms with Crippen molar-refractivity contribution in [2.45, 2.75) is 0 Å². The first-order valence-corrected chi connectivity index (χ1v) is 8.06. The van der Waals surface area contributed by atoms with E-state index >= 15 is 0 Å². The molecule has 0 bridgehead atoms. The van der Waals surface area contributed by atoms with Gasteiger partial charge in [0, 0.05) is 34.1 Å². The monoisotopic (exact) mass is 396 g/mol. The van der Waals surface area contributed by atoms with E-state index in [0.29, 0.717) is 22.8 Å². The van der Waals surface area contributed by atoms with Gasteiger partial charge in [-0.05, 0) is 48.5 Å². The van der Waals surface area contributed by atoms with E-state index in [1.165, 1.54) is 0 Å². The number of nitrogen functional groups attached to an aromatic ring is 1. The lowest BCUT2D eigenvalue weighted by Crippen LogP contribution is -1.95. The molecular formula is C19H13Cl2F3N2. The minimum atomic E-state index is -0.995. The first-order valence-electron chi connectivity index (χ1n) is 7.30. The average molecular weight is 397 g/mol. The Morgan fingerprint density at radius 2 is 1.23 bits per heavy atom. The smallest absolute Gasteiger partial charge is 0.137 e. The summed E-state index contributed by atoms with van der Waals surface area (Å²) in [6.45, 7) is 0. The molecule has 0 spiro atoms. The number of anilines is 1. The average Bonchev–Trinajstić information content (AvgIpc) is 2.59. The number of nitrogens with zero attached hydrogens (tertiary/aromatic N) is 1. The summed E-state index contributed by atoms with van der Waals surface area (Å²) in [5, 5.41) is 1.26. The number of nitrogens with two attached hydrogens (primary N) is 1. The number of benzene rings is 3. The van der Waals surface area contributed by atoms with Crippen LogP contribution in [0, 0.1) is 17.5 Å². The van der Waals surface area contributed by atoms with Crippen molar-refractivity contribution >= 4 is 40.8 Å². The molecule has 0 atom stereocenters. The summed E-state index contributed by atoms with van der Waals surface area (Å²) >= 11 is 11.2. The van der Waals surface area contributed by atoms with E-state index in [4.69, 9.17) is 28.9 Å². The SMILES string of the molecule is Fc1cc(F)c(C=Nc2ccc(Cl)cc2)c(F)c1.Nc1ccc(Cl)cc1. The predicted molar refractivity (Wildman–Crippen MR) is 101 cm³/mol. The maximum atomic E-state index is 13.3. The topological polar surface area (TPSA) is 38.4 Å². The van der Waals surface area contributed by atoms with E-state index in [1.807, 2.05) is 0 Å². The Morgan fingerprint density at radius 1 is 0.769 bits per heavy atom. The molecule has 0 unspecified atom stereocenters. The summed E-state index contributed by atoms with van der Waals surface area (Å²) < 4.78 is 39.2. The van der Waals surface area contributed by atoms with Crippen LogP contribution < -0.4 is 5.73 Å². The molecule has 0 saturated carbocycles. The summed E-state index contributed by atoms with van der Waals surface area (Å²) in [4.78, 5) is 3.88. The minimum Gasteiger partial charge on any atom is -0.399 e. The third-order valence-electron chi connectivity index (χ3n) is 3.08. The Bertz CT molecular complexity index is 852. The van der Waals surface area contributed by atoms with Gasteiger partial charge in [0.05, 0.1) is 11.3 Å². The molecule has 0 aromatic heterocycles. The van der Waals surface area contributed by atoms with Gasteiger partial charge >= 0.3 is 0 Å². The molecule has 134 valence electrons. The van der Waals surface area contributed by atoms with Gasteiger partial charge in [-0.1, -0.05) is 23.2 Å². The highest BCUT2D eigenvalue weighted by Crippen LogP contribution is 2.18. The highest BCUT2D eigenvalue weighted by atomic mass is 35.5. The maximum Gasteiger partial charge on any atom is 0.137 e. The zero-order chi connectivity index (χ0) is 19.1. The van der Waals surface area contributed by atoms with E-state index in [2.05, 4.69) is 4.99 Å². The van der Waals surface area contributed by atoms with Gasteiger partial charge in [0.2, 0.25) is 0 Å². The van der Waals surface area contributed by atoms with E-state index in [0.717, 1.165) is 16.9 Å². The van der Waals surface area contributed by atoms with Gasteiger partial charge in [-0.2, -0.15) is 0 Å². The van der Waals surface area contributed by atoms with E-state index < -0.39 is 17.5 Å². The first kappa shape index (κ1) is 19.8. The molecule has 3 rings (SSSR count). The second kappa shape index (κ2) is 9.27. The van der Waals surface area contributed by atoms with Crippen LogP contribution >= 0.6 is 23.2 Å². The second-order valence-corrected chi connectivity index (χ2v) is 5.94. The van der Waals surface area contributed by atoms with Crippen LogP contribution in [0.1, 0.15) is 5.56 Å². The van der Waals surface area contributed by atoms with E-state index in [1.54, 1.807) is 48.5 Å². The molecule has 0 fully saturated rings. The molecule has 2 N–H and O–H groups in total. The Balaban J connectivity index is 0.000000254. The van der Waals surface area contributed by atoms with Crippen molar-refractivity contribution in [1.82, 2.24) is 0 Å². The molecule has 3 aromatic rings. The van der Waals surface area contributed by atoms with Crippen LogP contribution in [-0.2, 0) is 0 Å². The number of halogens is 5. The van der Waals surface area contributed by atoms with Crippen LogP contribution in [-0.4, -0.2) is 6.21 Å². The van der Waals surface area contributed by atoms with Crippen LogP contribution in [0.25, 0.3) is 0 Å². The van der Waals surface area contributed by atoms with Gasteiger partial charge < -0.3 is 5.73 Å². The highest BCUT2D eigenvalue weighted by Gasteiger charge is 2.09. The molecular weight excluding hydrogens is 384 g/mol. The summed E-state index contributed by atoms with van der Waals surface area (Å²) in [6, 6.07) is 14.7. The van der Waals surface area contributed by atoms with Crippen LogP contribution in [0.3, 0.4) is 0 Å². The molecule has 0 saturated heterocycles. The third-order valence-corrected chi connectivity index (χ3v) is 3.59. The Kier molecular flexibility index (Phi) is 7.06. The lowest BCUT2D eigenvalue weighted by molar-refractivity contribution is 0.541. The first-order chi connectivity index (χ1) is 12.3. The summed E-state index contributed by atoms with van der Waals surface area (Å²) in [5.41, 5.74) is 6.22. The zero-order valence-corrected chi connectivity index (χ0v) is 14.8. The van der Waals surface area contributed by atoms with Gasteiger partial charge in [-0.25, -0.2) is 13.2 Å². The van der Waals surface area contributed by atoms with Gasteiger partial charge in [0.1, 0.15) is 17.5 Å². The van der Waals surface area contributed by atoms with E-state index in [9.17, 15) is 13.2 Å². The predicted octanol–water partition coefficient (Wildman–Crippen LogP) is 6.43. The zero-order valence-electron chi connectivity index (χ0n) is 13.3. The standard InChI is InChI=1S/C13H7ClF3N.C6H6ClN/c14-8-1-3-10(4-2-8)18-7-11-12(16)5-9(15)6-13(11)17;7-5-1-3-6(8)4-2-5/h1-7H;1-4H,8H2. The molecule has 0 heterocycles. The van der Waals surface area contributed by atoms with Gasteiger partial charge in [0.15, 0.2) is 0 Å². The molecule has 0 aliphatic carbocycles. The quantitative estimate of drug-likeness (QED) is 0.393. The third kappa shape index (κ3) is 6.10. The molecule has 0 radical (unpaired) electrons. The number of hydrogen-bond acceptors (Lipinski definition) is 2. The van der Waals surface area contributed by atoms with Crippen LogP contribution in [0.2, 0.25) is 10.0 Å². The lowest BCUT2D eigenvalue weighted by Gasteiger charge is -1.99. The van der Waals surface area contributed by atoms with Crippen LogP contribution in [0.5, 0.6) is 0 Å². The van der Waals surface area contributed by atoms with Gasteiger partial charge in [-0.15, -0.1) is 0 Å². The fourth-order valence-electron chi connectivity index (χ4n) is 1.81. The van der Waals surface area contributed by atoms with E-state index in [-0.39, 0.29) is 5.56 Å². The lowest BCUT2D eigenvalue weighted by atomic mass is 10.2. The van der Waals surface area contributed by atoms with Crippen molar-refractivity contribution in [1.29, 1.82) is 0 Å². The largest absolute Gasteiger partial charge is 0.399 e. The minimum absolute atomic E-state index is 0.383. The van der Waals surface area contributed by atoms with Crippen molar-refractivity contribution < 1.29 is 13.2 Å². The highest BCUT2D eigenvalue weighted by molar-refractivity contribution is 6.30. The summed E-state index contributed by atoms with van der Waals surface area (Å²) in [6.07, 6.45) is 1.01. The second-order valence-electron chi connectivity index (χ2n) is 5.07. The molecule has 0 aliphatic heterocycles. The van der Waals surface area contributed by atoms with Gasteiger partial charge in [0.25, 0.3) is 0 Å². The Hall–Kier alpha value is -2.50. The molecule has 2 nitrogen and oxygen atoms in total. The normalized spacial score (nSPS) is 10.5. The Morgan fingerprint density at radius 3 is 1.69 bits per heavy atom. The number of hydrogen-bond donors (Lipinski definition) is 1. The molecule has 3 aromatic carbocycles. The molecule has 26 heavy (non-hydrogen) atoms. The Labute approximate surface area is 158 Å². The molecule has 0 aliphatic rings. The fourth-order valence-corrected chi connectivity index (χ4v) is 2.06. The van der Waals surface area contributed by atoms with Crippen LogP contribution in [0.15, 0.2) is 65.7 Å². The van der Waals surface area contributed by atoms with Crippen molar-refractivity contribution in [3.05, 3.63) is 93.7 Å².